The second-order valence-electron chi connectivity index (χ2n) is 5.85. The lowest BCUT2D eigenvalue weighted by Gasteiger charge is -2.33. The zero-order valence-corrected chi connectivity index (χ0v) is 13.7. The van der Waals surface area contributed by atoms with E-state index in [1.807, 2.05) is 6.92 Å². The summed E-state index contributed by atoms with van der Waals surface area (Å²) in [5.41, 5.74) is 0. The molecule has 0 aliphatic rings. The molecule has 1 N–H and O–H groups in total. The number of likely N-dealkylation sites (N-methyl/N-ethyl adjacent to an activating group) is 2. The molecular weight excluding hydrogens is 256 g/mol. The topological polar surface area (TPSA) is 60.9 Å². The van der Waals surface area contributed by atoms with Crippen molar-refractivity contribution >= 4 is 11.8 Å². The first-order valence-corrected chi connectivity index (χ1v) is 7.39. The molecule has 0 aromatic heterocycles. The molecule has 0 fully saturated rings. The van der Waals surface area contributed by atoms with Crippen molar-refractivity contribution < 1.29 is 14.7 Å². The Morgan fingerprint density at radius 3 is 2.05 bits per heavy atom. The molecule has 0 bridgehead atoms. The van der Waals surface area contributed by atoms with Gasteiger partial charge in [0, 0.05) is 20.5 Å². The number of carbonyl (C=O) groups excluding carboxylic acids is 2. The first-order chi connectivity index (χ1) is 9.26. The van der Waals surface area contributed by atoms with Crippen molar-refractivity contribution in [1.29, 1.82) is 0 Å². The van der Waals surface area contributed by atoms with Gasteiger partial charge in [-0.05, 0) is 25.7 Å². The van der Waals surface area contributed by atoms with Gasteiger partial charge in [-0.15, -0.1) is 0 Å². The molecule has 0 aromatic carbocycles. The third-order valence-electron chi connectivity index (χ3n) is 3.65. The molecule has 118 valence electrons. The van der Waals surface area contributed by atoms with Crippen LogP contribution in [0.25, 0.3) is 0 Å². The maximum Gasteiger partial charge on any atom is 0.245 e. The Balaban J connectivity index is 4.73. The van der Waals surface area contributed by atoms with E-state index in [0.717, 1.165) is 12.8 Å². The minimum absolute atomic E-state index is 0.0221. The van der Waals surface area contributed by atoms with Gasteiger partial charge in [0.1, 0.15) is 6.04 Å². The van der Waals surface area contributed by atoms with Crippen LogP contribution in [0.5, 0.6) is 0 Å². The minimum atomic E-state index is -0.500. The van der Waals surface area contributed by atoms with Gasteiger partial charge < -0.3 is 14.9 Å². The minimum Gasteiger partial charge on any atom is -0.394 e. The Hall–Kier alpha value is -1.10. The first-order valence-electron chi connectivity index (χ1n) is 7.39. The van der Waals surface area contributed by atoms with E-state index in [2.05, 4.69) is 13.8 Å². The van der Waals surface area contributed by atoms with Gasteiger partial charge in [-0.1, -0.05) is 20.8 Å². The van der Waals surface area contributed by atoms with Crippen LogP contribution in [0.2, 0.25) is 0 Å². The Bertz CT molecular complexity index is 318. The first kappa shape index (κ1) is 18.9. The Labute approximate surface area is 122 Å². The quantitative estimate of drug-likeness (QED) is 0.735. The molecule has 0 unspecified atom stereocenters. The van der Waals surface area contributed by atoms with Gasteiger partial charge in [0.15, 0.2) is 0 Å². The highest BCUT2D eigenvalue weighted by molar-refractivity contribution is 5.87. The van der Waals surface area contributed by atoms with Crippen molar-refractivity contribution in [2.75, 3.05) is 20.7 Å². The molecule has 0 aliphatic heterocycles. The maximum absolute atomic E-state index is 12.4. The van der Waals surface area contributed by atoms with Gasteiger partial charge in [0.2, 0.25) is 11.8 Å². The number of aliphatic hydroxyl groups is 1. The Kier molecular flexibility index (Phi) is 8.46. The number of aliphatic hydroxyl groups excluding tert-OH is 1. The van der Waals surface area contributed by atoms with Gasteiger partial charge in [0.05, 0.1) is 12.6 Å². The molecular formula is C15H30N2O3. The van der Waals surface area contributed by atoms with Crippen LogP contribution in [-0.4, -0.2) is 59.5 Å². The third kappa shape index (κ3) is 5.49. The smallest absolute Gasteiger partial charge is 0.245 e. The molecule has 0 saturated heterocycles. The zero-order chi connectivity index (χ0) is 15.9. The number of amides is 2. The van der Waals surface area contributed by atoms with Crippen LogP contribution >= 0.6 is 0 Å². The van der Waals surface area contributed by atoms with Gasteiger partial charge in [-0.2, -0.15) is 0 Å². The monoisotopic (exact) mass is 286 g/mol. The largest absolute Gasteiger partial charge is 0.394 e. The van der Waals surface area contributed by atoms with Crippen LogP contribution < -0.4 is 0 Å². The molecule has 0 aromatic rings. The lowest BCUT2D eigenvalue weighted by molar-refractivity contribution is -0.145. The number of hydrogen-bond acceptors (Lipinski definition) is 3. The number of hydrogen-bond donors (Lipinski definition) is 1. The summed E-state index contributed by atoms with van der Waals surface area (Å²) in [6, 6.07) is -0.695. The lowest BCUT2D eigenvalue weighted by Crippen LogP contribution is -2.50. The summed E-state index contributed by atoms with van der Waals surface area (Å²) in [5.74, 6) is 0.250. The summed E-state index contributed by atoms with van der Waals surface area (Å²) in [6.07, 6.45) is 1.97. The van der Waals surface area contributed by atoms with Crippen LogP contribution in [0.3, 0.4) is 0 Å². The van der Waals surface area contributed by atoms with Crippen molar-refractivity contribution in [1.82, 2.24) is 9.80 Å². The van der Waals surface area contributed by atoms with E-state index in [-0.39, 0.29) is 24.5 Å². The van der Waals surface area contributed by atoms with Crippen molar-refractivity contribution in [3.63, 3.8) is 0 Å². The fraction of sp³-hybridized carbons (Fsp3) is 0.867. The molecule has 2 atom stereocenters. The average molecular weight is 286 g/mol. The predicted molar refractivity (Wildman–Crippen MR) is 80.2 cm³/mol. The van der Waals surface area contributed by atoms with Crippen molar-refractivity contribution in [2.24, 2.45) is 5.92 Å². The van der Waals surface area contributed by atoms with E-state index in [9.17, 15) is 14.7 Å². The molecule has 2 amide bonds. The molecule has 0 aliphatic carbocycles. The molecule has 5 nitrogen and oxygen atoms in total. The van der Waals surface area contributed by atoms with Gasteiger partial charge >= 0.3 is 0 Å². The van der Waals surface area contributed by atoms with E-state index >= 15 is 0 Å². The van der Waals surface area contributed by atoms with Crippen LogP contribution in [0.15, 0.2) is 0 Å². The van der Waals surface area contributed by atoms with E-state index in [1.54, 1.807) is 25.9 Å². The van der Waals surface area contributed by atoms with E-state index in [0.29, 0.717) is 12.3 Å². The predicted octanol–water partition coefficient (Wildman–Crippen LogP) is 1.50. The fourth-order valence-corrected chi connectivity index (χ4v) is 2.15. The fourth-order valence-electron chi connectivity index (χ4n) is 2.15. The van der Waals surface area contributed by atoms with E-state index in [4.69, 9.17) is 0 Å². The van der Waals surface area contributed by atoms with Crippen molar-refractivity contribution in [2.45, 2.75) is 59.0 Å². The molecule has 0 spiro atoms. The summed E-state index contributed by atoms with van der Waals surface area (Å²) in [6.45, 7) is 7.73. The highest BCUT2D eigenvalue weighted by atomic mass is 16.3. The van der Waals surface area contributed by atoms with Crippen molar-refractivity contribution in [3.05, 3.63) is 0 Å². The second-order valence-corrected chi connectivity index (χ2v) is 5.85. The summed E-state index contributed by atoms with van der Waals surface area (Å²) in [4.78, 5) is 27.3. The van der Waals surface area contributed by atoms with Crippen molar-refractivity contribution in [3.8, 4) is 0 Å². The van der Waals surface area contributed by atoms with Crippen LogP contribution in [0.4, 0.5) is 0 Å². The SMILES string of the molecule is CCCC(=O)N(C)[C@H](C)C(=O)N(C)[C@H](CO)CC(C)C. The zero-order valence-electron chi connectivity index (χ0n) is 13.7. The normalized spacial score (nSPS) is 14.0. The highest BCUT2D eigenvalue weighted by Gasteiger charge is 2.28. The summed E-state index contributed by atoms with van der Waals surface area (Å²) >= 11 is 0. The number of rotatable bonds is 8. The second kappa shape index (κ2) is 8.95. The molecule has 0 saturated carbocycles. The van der Waals surface area contributed by atoms with Gasteiger partial charge in [0.25, 0.3) is 0 Å². The van der Waals surface area contributed by atoms with Gasteiger partial charge in [-0.25, -0.2) is 0 Å². The van der Waals surface area contributed by atoms with Crippen LogP contribution in [0, 0.1) is 5.92 Å². The van der Waals surface area contributed by atoms with Crippen LogP contribution in [-0.2, 0) is 9.59 Å². The summed E-state index contributed by atoms with van der Waals surface area (Å²) in [5, 5.41) is 9.43. The summed E-state index contributed by atoms with van der Waals surface area (Å²) < 4.78 is 0. The molecule has 0 rings (SSSR count). The molecule has 0 radical (unpaired) electrons. The maximum atomic E-state index is 12.4. The average Bonchev–Trinajstić information content (AvgIpc) is 2.41. The molecule has 0 heterocycles. The summed E-state index contributed by atoms with van der Waals surface area (Å²) in [7, 11) is 3.35. The highest BCUT2D eigenvalue weighted by Crippen LogP contribution is 2.13. The standard InChI is InChI=1S/C15H30N2O3/c1-7-8-14(19)16(5)12(4)15(20)17(6)13(10-18)9-11(2)3/h11-13,18H,7-10H2,1-6H3/t12-,13+/m1/s1. The Morgan fingerprint density at radius 1 is 1.10 bits per heavy atom. The third-order valence-corrected chi connectivity index (χ3v) is 3.65. The van der Waals surface area contributed by atoms with Crippen LogP contribution in [0.1, 0.15) is 47.0 Å². The number of nitrogens with zero attached hydrogens (tertiary/aromatic N) is 2. The molecule has 20 heavy (non-hydrogen) atoms. The lowest BCUT2D eigenvalue weighted by atomic mass is 10.0. The number of carbonyl (C=O) groups is 2. The van der Waals surface area contributed by atoms with E-state index in [1.165, 1.54) is 4.90 Å². The van der Waals surface area contributed by atoms with Gasteiger partial charge in [-0.3, -0.25) is 9.59 Å². The Morgan fingerprint density at radius 2 is 1.65 bits per heavy atom. The van der Waals surface area contributed by atoms with E-state index < -0.39 is 6.04 Å². The molecule has 5 heteroatoms.